The molecule has 0 fully saturated rings. The van der Waals surface area contributed by atoms with Gasteiger partial charge in [0.05, 0.1) is 11.3 Å². The van der Waals surface area contributed by atoms with Gasteiger partial charge in [-0.05, 0) is 59.8 Å². The van der Waals surface area contributed by atoms with Crippen LogP contribution in [0.15, 0.2) is 53.7 Å². The van der Waals surface area contributed by atoms with Gasteiger partial charge in [0, 0.05) is 41.3 Å². The van der Waals surface area contributed by atoms with Crippen molar-refractivity contribution in [2.75, 3.05) is 0 Å². The van der Waals surface area contributed by atoms with Gasteiger partial charge in [0.1, 0.15) is 5.75 Å². The van der Waals surface area contributed by atoms with Crippen molar-refractivity contribution in [3.05, 3.63) is 81.8 Å². The van der Waals surface area contributed by atoms with Crippen LogP contribution in [-0.2, 0) is 18.9 Å². The smallest absolute Gasteiger partial charge is 0.336 e. The van der Waals surface area contributed by atoms with Crippen molar-refractivity contribution >= 4 is 34.5 Å². The molecule has 7 heteroatoms. The molecule has 1 atom stereocenters. The highest BCUT2D eigenvalue weighted by atomic mass is 35.5. The summed E-state index contributed by atoms with van der Waals surface area (Å²) in [6.07, 6.45) is 4.56. The topological polar surface area (TPSA) is 80.1 Å². The molecule has 2 aromatic heterocycles. The Kier molecular flexibility index (Phi) is 4.64. The number of halogens is 1. The van der Waals surface area contributed by atoms with Crippen molar-refractivity contribution < 1.29 is 14.6 Å². The minimum absolute atomic E-state index is 0.200. The summed E-state index contributed by atoms with van der Waals surface area (Å²) in [5.41, 5.74) is 4.42. The van der Waals surface area contributed by atoms with Crippen molar-refractivity contribution in [2.45, 2.75) is 25.7 Å². The number of H-pyrrole nitrogens is 1. The molecule has 6 nitrogen and oxygen atoms in total. The number of imidazole rings is 1. The number of ether oxygens (including phenoxy) is 1. The first-order chi connectivity index (χ1) is 15.2. The highest BCUT2D eigenvalue weighted by molar-refractivity contribution is 6.33. The van der Waals surface area contributed by atoms with E-state index in [0.717, 1.165) is 17.0 Å². The molecule has 2 N–H and O–H groups in total. The summed E-state index contributed by atoms with van der Waals surface area (Å²) in [7, 11) is 2.03. The maximum atomic E-state index is 11.4. The molecule has 0 radical (unpaired) electrons. The van der Waals surface area contributed by atoms with E-state index in [-0.39, 0.29) is 5.56 Å². The van der Waals surface area contributed by atoms with Gasteiger partial charge >= 0.3 is 5.97 Å². The molecule has 2 heterocycles. The van der Waals surface area contributed by atoms with E-state index < -0.39 is 11.4 Å². The first-order valence-electron chi connectivity index (χ1n) is 10.3. The second kappa shape index (κ2) is 7.28. The van der Waals surface area contributed by atoms with Gasteiger partial charge < -0.3 is 19.4 Å². The lowest BCUT2D eigenvalue weighted by atomic mass is 9.75. The first-order valence-corrected chi connectivity index (χ1v) is 10.7. The second-order valence-corrected chi connectivity index (χ2v) is 8.90. The second-order valence-electron chi connectivity index (χ2n) is 8.49. The van der Waals surface area contributed by atoms with Crippen LogP contribution in [0, 0.1) is 6.92 Å². The normalized spacial score (nSPS) is 17.8. The molecule has 0 spiro atoms. The summed E-state index contributed by atoms with van der Waals surface area (Å²) in [5, 5.41) is 11.2. The Balaban J connectivity index is 1.46. The molecule has 0 saturated heterocycles. The fraction of sp³-hybridized carbons (Fsp3) is 0.200. The van der Waals surface area contributed by atoms with Crippen LogP contribution in [0.3, 0.4) is 0 Å². The molecule has 5 rings (SSSR count). The van der Waals surface area contributed by atoms with Gasteiger partial charge in [-0.15, -0.1) is 0 Å². The van der Waals surface area contributed by atoms with Gasteiger partial charge in [-0.1, -0.05) is 30.7 Å². The Bertz CT molecular complexity index is 1420. The van der Waals surface area contributed by atoms with Gasteiger partial charge in [-0.3, -0.25) is 0 Å². The largest absolute Gasteiger partial charge is 0.478 e. The highest BCUT2D eigenvalue weighted by Gasteiger charge is 2.36. The summed E-state index contributed by atoms with van der Waals surface area (Å²) in [4.78, 5) is 19.2. The number of aromatic amines is 1. The fourth-order valence-corrected chi connectivity index (χ4v) is 4.57. The number of carbonyl (C=O) groups is 1. The molecule has 0 saturated carbocycles. The number of nitrogens with zero attached hydrogens (tertiary/aromatic N) is 2. The lowest BCUT2D eigenvalue weighted by Gasteiger charge is -2.32. The molecular weight excluding hydrogens is 426 g/mol. The predicted octanol–water partition coefficient (Wildman–Crippen LogP) is 5.79. The van der Waals surface area contributed by atoms with Crippen molar-refractivity contribution in [1.29, 1.82) is 0 Å². The average molecular weight is 448 g/mol. The summed E-state index contributed by atoms with van der Waals surface area (Å²) in [6, 6.07) is 13.8. The molecule has 1 unspecified atom stereocenters. The van der Waals surface area contributed by atoms with Crippen LogP contribution < -0.4 is 4.74 Å². The number of carboxylic acid groups (broad SMARTS) is 1. The van der Waals surface area contributed by atoms with Crippen LogP contribution in [0.4, 0.5) is 0 Å². The quantitative estimate of drug-likeness (QED) is 0.414. The van der Waals surface area contributed by atoms with E-state index >= 15 is 0 Å². The van der Waals surface area contributed by atoms with E-state index in [9.17, 15) is 9.90 Å². The SMILES string of the molecule is Cc1ccc(Oc2nc3c([nH]2)CC(C)(c2ccc4c(ccn4C)c2)C(Cl)=C3)cc1C(=O)O. The molecular formula is C25H22ClN3O3. The van der Waals surface area contributed by atoms with Crippen LogP contribution >= 0.6 is 11.6 Å². The number of allylic oxidation sites excluding steroid dienone is 1. The summed E-state index contributed by atoms with van der Waals surface area (Å²) in [5.74, 6) is -0.584. The molecule has 0 aliphatic heterocycles. The van der Waals surface area contributed by atoms with Crippen molar-refractivity contribution in [1.82, 2.24) is 14.5 Å². The van der Waals surface area contributed by atoms with Crippen molar-refractivity contribution in [3.8, 4) is 11.8 Å². The number of carboxylic acids is 1. The summed E-state index contributed by atoms with van der Waals surface area (Å²) >= 11 is 6.78. The number of nitrogens with one attached hydrogen (secondary N) is 1. The molecule has 4 aromatic rings. The first kappa shape index (κ1) is 20.4. The van der Waals surface area contributed by atoms with E-state index in [1.807, 2.05) is 19.3 Å². The van der Waals surface area contributed by atoms with E-state index in [1.54, 1.807) is 19.1 Å². The summed E-state index contributed by atoms with van der Waals surface area (Å²) < 4.78 is 7.94. The molecule has 0 bridgehead atoms. The van der Waals surface area contributed by atoms with Gasteiger partial charge in [-0.2, -0.15) is 4.98 Å². The van der Waals surface area contributed by atoms with Crippen LogP contribution in [0.5, 0.6) is 11.8 Å². The highest BCUT2D eigenvalue weighted by Crippen LogP contribution is 2.43. The molecule has 1 aliphatic rings. The Labute approximate surface area is 190 Å². The lowest BCUT2D eigenvalue weighted by molar-refractivity contribution is 0.0695. The van der Waals surface area contributed by atoms with Crippen LogP contribution in [-0.4, -0.2) is 25.6 Å². The third-order valence-electron chi connectivity index (χ3n) is 6.29. The van der Waals surface area contributed by atoms with E-state index in [0.29, 0.717) is 28.8 Å². The zero-order valence-corrected chi connectivity index (χ0v) is 18.7. The average Bonchev–Trinajstić information content (AvgIpc) is 3.31. The number of hydrogen-bond acceptors (Lipinski definition) is 3. The van der Waals surface area contributed by atoms with E-state index in [1.165, 1.54) is 17.0 Å². The predicted molar refractivity (Wildman–Crippen MR) is 125 cm³/mol. The fourth-order valence-electron chi connectivity index (χ4n) is 4.29. The number of benzene rings is 2. The standard InChI is InChI=1S/C25H22ClN3O3/c1-14-4-6-17(11-18(14)23(30)31)32-24-27-19-12-22(26)25(2,13-20(19)28-24)16-5-7-21-15(10-16)8-9-29(21)3/h4-12H,13H2,1-3H3,(H,27,28)(H,30,31). The minimum atomic E-state index is -0.993. The Morgan fingerprint density at radius 3 is 2.84 bits per heavy atom. The monoisotopic (exact) mass is 447 g/mol. The third kappa shape index (κ3) is 3.28. The molecule has 2 aromatic carbocycles. The van der Waals surface area contributed by atoms with E-state index in [4.69, 9.17) is 16.3 Å². The Hall–Kier alpha value is -3.51. The number of hydrogen-bond donors (Lipinski definition) is 2. The van der Waals surface area contributed by atoms with Crippen molar-refractivity contribution in [3.63, 3.8) is 0 Å². The molecule has 32 heavy (non-hydrogen) atoms. The van der Waals surface area contributed by atoms with Crippen LogP contribution in [0.25, 0.3) is 17.0 Å². The van der Waals surface area contributed by atoms with Gasteiger partial charge in [0.2, 0.25) is 0 Å². The molecule has 0 amide bonds. The third-order valence-corrected chi connectivity index (χ3v) is 6.81. The zero-order valence-electron chi connectivity index (χ0n) is 17.9. The van der Waals surface area contributed by atoms with Crippen molar-refractivity contribution in [2.24, 2.45) is 7.05 Å². The number of rotatable bonds is 4. The van der Waals surface area contributed by atoms with Gasteiger partial charge in [0.15, 0.2) is 0 Å². The maximum Gasteiger partial charge on any atom is 0.336 e. The zero-order chi connectivity index (χ0) is 22.6. The van der Waals surface area contributed by atoms with Crippen LogP contribution in [0.2, 0.25) is 0 Å². The van der Waals surface area contributed by atoms with E-state index in [2.05, 4.69) is 45.7 Å². The Morgan fingerprint density at radius 2 is 2.06 bits per heavy atom. The minimum Gasteiger partial charge on any atom is -0.478 e. The molecule has 162 valence electrons. The van der Waals surface area contributed by atoms with Gasteiger partial charge in [-0.25, -0.2) is 4.79 Å². The number of fused-ring (bicyclic) bond motifs is 2. The lowest BCUT2D eigenvalue weighted by Crippen LogP contribution is -2.28. The maximum absolute atomic E-state index is 11.4. The van der Waals surface area contributed by atoms with Crippen LogP contribution in [0.1, 0.15) is 39.8 Å². The number of aromatic carboxylic acids is 1. The summed E-state index contributed by atoms with van der Waals surface area (Å²) in [6.45, 7) is 3.87. The van der Waals surface area contributed by atoms with Gasteiger partial charge in [0.25, 0.3) is 6.01 Å². The number of aryl methyl sites for hydroxylation is 2. The number of aromatic nitrogens is 3. The Morgan fingerprint density at radius 1 is 1.25 bits per heavy atom. The molecule has 1 aliphatic carbocycles.